The predicted octanol–water partition coefficient (Wildman–Crippen LogP) is 3.03. The van der Waals surface area contributed by atoms with Crippen molar-refractivity contribution in [1.29, 1.82) is 0 Å². The van der Waals surface area contributed by atoms with Gasteiger partial charge in [-0.3, -0.25) is 4.79 Å². The number of aryl methyl sites for hydroxylation is 1. The Morgan fingerprint density at radius 2 is 2.16 bits per heavy atom. The molecule has 0 saturated carbocycles. The second-order valence-electron chi connectivity index (χ2n) is 5.13. The molecule has 0 aliphatic carbocycles. The first kappa shape index (κ1) is 15.9. The molecule has 3 nitrogen and oxygen atoms in total. The summed E-state index contributed by atoms with van der Waals surface area (Å²) in [5.41, 5.74) is 0.900. The van der Waals surface area contributed by atoms with Crippen LogP contribution in [0.4, 0.5) is 10.1 Å². The van der Waals surface area contributed by atoms with Crippen LogP contribution in [-0.4, -0.2) is 18.0 Å². The summed E-state index contributed by atoms with van der Waals surface area (Å²) in [7, 11) is 0. The molecular weight excluding hydrogens is 267 g/mol. The van der Waals surface area contributed by atoms with E-state index in [0.29, 0.717) is 5.69 Å². The lowest BCUT2D eigenvalue weighted by Crippen LogP contribution is -2.54. The fourth-order valence-electron chi connectivity index (χ4n) is 2.28. The van der Waals surface area contributed by atoms with Crippen molar-refractivity contribution in [2.75, 3.05) is 11.9 Å². The van der Waals surface area contributed by atoms with Crippen molar-refractivity contribution >= 4 is 24.0 Å². The number of benzene rings is 1. The van der Waals surface area contributed by atoms with E-state index < -0.39 is 5.54 Å². The summed E-state index contributed by atoms with van der Waals surface area (Å²) >= 11 is 0. The van der Waals surface area contributed by atoms with E-state index in [9.17, 15) is 9.18 Å². The van der Waals surface area contributed by atoms with Gasteiger partial charge in [-0.1, -0.05) is 0 Å². The standard InChI is InChI=1S/C14H19FN2O.ClH/c1-10-9-11(15)5-6-12(10)17-13(18)14(2)7-3-4-8-16-14;/h5-6,9,16H,3-4,7-8H2,1-2H3,(H,17,18);1H. The topological polar surface area (TPSA) is 41.1 Å². The van der Waals surface area contributed by atoms with Gasteiger partial charge < -0.3 is 10.6 Å². The third-order valence-electron chi connectivity index (χ3n) is 3.56. The molecule has 0 aromatic heterocycles. The maximum atomic E-state index is 13.0. The molecule has 1 heterocycles. The van der Waals surface area contributed by atoms with Gasteiger partial charge in [0, 0.05) is 5.69 Å². The van der Waals surface area contributed by atoms with Crippen LogP contribution < -0.4 is 10.6 Å². The minimum atomic E-state index is -0.515. The molecule has 0 bridgehead atoms. The van der Waals surface area contributed by atoms with Crippen LogP contribution in [0.1, 0.15) is 31.7 Å². The van der Waals surface area contributed by atoms with Crippen LogP contribution in [-0.2, 0) is 4.79 Å². The first-order chi connectivity index (χ1) is 8.51. The number of hydrogen-bond acceptors (Lipinski definition) is 2. The lowest BCUT2D eigenvalue weighted by atomic mass is 9.90. The van der Waals surface area contributed by atoms with Gasteiger partial charge in [0.15, 0.2) is 0 Å². The van der Waals surface area contributed by atoms with E-state index in [2.05, 4.69) is 10.6 Å². The second-order valence-corrected chi connectivity index (χ2v) is 5.13. The summed E-state index contributed by atoms with van der Waals surface area (Å²) in [5, 5.41) is 6.14. The Balaban J connectivity index is 0.00000180. The van der Waals surface area contributed by atoms with Crippen molar-refractivity contribution in [2.24, 2.45) is 0 Å². The van der Waals surface area contributed by atoms with Gasteiger partial charge in [0.1, 0.15) is 5.82 Å². The number of anilines is 1. The third-order valence-corrected chi connectivity index (χ3v) is 3.56. The molecule has 2 rings (SSSR count). The maximum absolute atomic E-state index is 13.0. The molecule has 19 heavy (non-hydrogen) atoms. The molecule has 2 N–H and O–H groups in total. The van der Waals surface area contributed by atoms with Crippen molar-refractivity contribution in [3.63, 3.8) is 0 Å². The SMILES string of the molecule is Cc1cc(F)ccc1NC(=O)C1(C)CCCCN1.Cl. The van der Waals surface area contributed by atoms with Crippen molar-refractivity contribution in [3.05, 3.63) is 29.6 Å². The number of amides is 1. The summed E-state index contributed by atoms with van der Waals surface area (Å²) in [6, 6.07) is 4.39. The van der Waals surface area contributed by atoms with Gasteiger partial charge >= 0.3 is 0 Å². The first-order valence-electron chi connectivity index (χ1n) is 6.34. The summed E-state index contributed by atoms with van der Waals surface area (Å²) in [6.45, 7) is 4.57. The minimum Gasteiger partial charge on any atom is -0.324 e. The van der Waals surface area contributed by atoms with Crippen LogP contribution in [0.25, 0.3) is 0 Å². The van der Waals surface area contributed by atoms with Gasteiger partial charge in [-0.15, -0.1) is 12.4 Å². The molecule has 1 fully saturated rings. The van der Waals surface area contributed by atoms with Crippen LogP contribution >= 0.6 is 12.4 Å². The molecule has 1 aromatic carbocycles. The van der Waals surface area contributed by atoms with E-state index in [1.807, 2.05) is 6.92 Å². The number of rotatable bonds is 2. The molecule has 1 unspecified atom stereocenters. The molecule has 0 radical (unpaired) electrons. The third kappa shape index (κ3) is 3.67. The molecule has 1 aliphatic rings. The molecule has 1 saturated heterocycles. The lowest BCUT2D eigenvalue weighted by molar-refractivity contribution is -0.122. The van der Waals surface area contributed by atoms with E-state index in [1.54, 1.807) is 13.0 Å². The Labute approximate surface area is 119 Å². The molecule has 1 amide bonds. The van der Waals surface area contributed by atoms with Gasteiger partial charge in [-0.2, -0.15) is 0 Å². The highest BCUT2D eigenvalue weighted by molar-refractivity contribution is 5.98. The largest absolute Gasteiger partial charge is 0.324 e. The quantitative estimate of drug-likeness (QED) is 0.877. The highest BCUT2D eigenvalue weighted by atomic mass is 35.5. The average molecular weight is 287 g/mol. The van der Waals surface area contributed by atoms with Gasteiger partial charge in [0.05, 0.1) is 5.54 Å². The summed E-state index contributed by atoms with van der Waals surface area (Å²) < 4.78 is 13.0. The monoisotopic (exact) mass is 286 g/mol. The summed E-state index contributed by atoms with van der Waals surface area (Å²) in [5.74, 6) is -0.329. The fourth-order valence-corrected chi connectivity index (χ4v) is 2.28. The number of halogens is 2. The molecule has 0 spiro atoms. The maximum Gasteiger partial charge on any atom is 0.244 e. The Hall–Kier alpha value is -1.13. The Morgan fingerprint density at radius 3 is 2.74 bits per heavy atom. The fraction of sp³-hybridized carbons (Fsp3) is 0.500. The Morgan fingerprint density at radius 1 is 1.42 bits per heavy atom. The van der Waals surface area contributed by atoms with E-state index in [1.165, 1.54) is 12.1 Å². The summed E-state index contributed by atoms with van der Waals surface area (Å²) in [4.78, 5) is 12.3. The molecule has 106 valence electrons. The number of carbonyl (C=O) groups excluding carboxylic acids is 1. The number of nitrogens with one attached hydrogen (secondary N) is 2. The molecule has 1 aliphatic heterocycles. The molecule has 5 heteroatoms. The van der Waals surface area contributed by atoms with Crippen molar-refractivity contribution in [2.45, 2.75) is 38.6 Å². The molecular formula is C14H20ClFN2O. The van der Waals surface area contributed by atoms with E-state index in [4.69, 9.17) is 0 Å². The Kier molecular flexibility index (Phi) is 5.32. The van der Waals surface area contributed by atoms with Crippen molar-refractivity contribution in [3.8, 4) is 0 Å². The number of hydrogen-bond donors (Lipinski definition) is 2. The average Bonchev–Trinajstić information content (AvgIpc) is 2.33. The zero-order valence-electron chi connectivity index (χ0n) is 11.3. The van der Waals surface area contributed by atoms with Crippen LogP contribution in [0.5, 0.6) is 0 Å². The van der Waals surface area contributed by atoms with E-state index in [0.717, 1.165) is 31.4 Å². The minimum absolute atomic E-state index is 0. The zero-order valence-corrected chi connectivity index (χ0v) is 12.1. The van der Waals surface area contributed by atoms with Crippen LogP contribution in [0.2, 0.25) is 0 Å². The number of carbonyl (C=O) groups is 1. The van der Waals surface area contributed by atoms with Gasteiger partial charge in [0.2, 0.25) is 5.91 Å². The predicted molar refractivity (Wildman–Crippen MR) is 77.3 cm³/mol. The highest BCUT2D eigenvalue weighted by Crippen LogP contribution is 2.22. The smallest absolute Gasteiger partial charge is 0.244 e. The molecule has 1 aromatic rings. The second kappa shape index (κ2) is 6.35. The molecule has 1 atom stereocenters. The normalized spacial score (nSPS) is 22.5. The van der Waals surface area contributed by atoms with Crippen LogP contribution in [0.3, 0.4) is 0 Å². The summed E-state index contributed by atoms with van der Waals surface area (Å²) in [6.07, 6.45) is 3.00. The van der Waals surface area contributed by atoms with Gasteiger partial charge in [-0.05, 0) is 63.4 Å². The van der Waals surface area contributed by atoms with Gasteiger partial charge in [-0.25, -0.2) is 4.39 Å². The number of piperidine rings is 1. The van der Waals surface area contributed by atoms with Crippen molar-refractivity contribution < 1.29 is 9.18 Å². The highest BCUT2D eigenvalue weighted by Gasteiger charge is 2.34. The van der Waals surface area contributed by atoms with Crippen LogP contribution in [0, 0.1) is 12.7 Å². The lowest BCUT2D eigenvalue weighted by Gasteiger charge is -2.33. The van der Waals surface area contributed by atoms with Crippen molar-refractivity contribution in [1.82, 2.24) is 5.32 Å². The van der Waals surface area contributed by atoms with Crippen LogP contribution in [0.15, 0.2) is 18.2 Å². The van der Waals surface area contributed by atoms with Gasteiger partial charge in [0.25, 0.3) is 0 Å². The first-order valence-corrected chi connectivity index (χ1v) is 6.34. The van der Waals surface area contributed by atoms with E-state index in [-0.39, 0.29) is 24.1 Å². The Bertz CT molecular complexity index is 459. The van der Waals surface area contributed by atoms with E-state index >= 15 is 0 Å². The zero-order chi connectivity index (χ0) is 13.2.